The molecule has 2 aromatic rings. The van der Waals surface area contributed by atoms with E-state index in [0.29, 0.717) is 0 Å². The van der Waals surface area contributed by atoms with Gasteiger partial charge < -0.3 is 5.11 Å². The number of aryl methyl sites for hydroxylation is 2. The number of aromatic nitrogens is 1. The Hall–Kier alpha value is -1.17. The van der Waals surface area contributed by atoms with Crippen LogP contribution in [0.15, 0.2) is 29.3 Å². The summed E-state index contributed by atoms with van der Waals surface area (Å²) < 4.78 is 0. The molecule has 1 aromatic carbocycles. The van der Waals surface area contributed by atoms with E-state index in [2.05, 4.69) is 35.1 Å². The number of thiazole rings is 1. The standard InChI is InChI=1S/C15H16N2OS2/c1-9-4-3-5-11(8-9)14-12(17-10(2)20-14)13(18)15-16-6-7-19-15/h3-5,8,13,18H,6-7H2,1-2H3. The van der Waals surface area contributed by atoms with Crippen LogP contribution >= 0.6 is 23.1 Å². The largest absolute Gasteiger partial charge is 0.380 e. The van der Waals surface area contributed by atoms with Gasteiger partial charge in [-0.15, -0.1) is 23.1 Å². The fourth-order valence-corrected chi connectivity index (χ4v) is 4.05. The van der Waals surface area contributed by atoms with Crippen LogP contribution in [0.25, 0.3) is 10.4 Å². The second-order valence-electron chi connectivity index (χ2n) is 4.79. The summed E-state index contributed by atoms with van der Waals surface area (Å²) in [7, 11) is 0. The Morgan fingerprint density at radius 1 is 1.30 bits per heavy atom. The molecule has 0 spiro atoms. The lowest BCUT2D eigenvalue weighted by Crippen LogP contribution is -2.08. The molecule has 0 aliphatic carbocycles. The van der Waals surface area contributed by atoms with Gasteiger partial charge in [0, 0.05) is 12.3 Å². The highest BCUT2D eigenvalue weighted by atomic mass is 32.2. The molecule has 5 heteroatoms. The van der Waals surface area contributed by atoms with Crippen LogP contribution in [0.4, 0.5) is 0 Å². The van der Waals surface area contributed by atoms with Crippen molar-refractivity contribution in [2.75, 3.05) is 12.3 Å². The van der Waals surface area contributed by atoms with Gasteiger partial charge in [0.1, 0.15) is 11.1 Å². The summed E-state index contributed by atoms with van der Waals surface area (Å²) in [5.41, 5.74) is 3.07. The van der Waals surface area contributed by atoms with Crippen molar-refractivity contribution in [1.29, 1.82) is 0 Å². The molecule has 3 nitrogen and oxygen atoms in total. The van der Waals surface area contributed by atoms with Gasteiger partial charge in [0.25, 0.3) is 0 Å². The number of aliphatic hydroxyl groups excluding tert-OH is 1. The van der Waals surface area contributed by atoms with Gasteiger partial charge >= 0.3 is 0 Å². The summed E-state index contributed by atoms with van der Waals surface area (Å²) in [5.74, 6) is 0.954. The lowest BCUT2D eigenvalue weighted by molar-refractivity contribution is 0.247. The summed E-state index contributed by atoms with van der Waals surface area (Å²) in [6, 6.07) is 8.31. The minimum Gasteiger partial charge on any atom is -0.380 e. The van der Waals surface area contributed by atoms with Crippen LogP contribution in [0.3, 0.4) is 0 Å². The first-order chi connectivity index (χ1) is 9.65. The fraction of sp³-hybridized carbons (Fsp3) is 0.333. The second kappa shape index (κ2) is 5.68. The van der Waals surface area contributed by atoms with E-state index < -0.39 is 6.10 Å². The summed E-state index contributed by atoms with van der Waals surface area (Å²) >= 11 is 3.25. The third-order valence-corrected chi connectivity index (χ3v) is 5.21. The number of rotatable bonds is 3. The zero-order valence-electron chi connectivity index (χ0n) is 11.5. The van der Waals surface area contributed by atoms with Crippen molar-refractivity contribution in [2.45, 2.75) is 20.0 Å². The molecule has 1 aliphatic rings. The number of nitrogens with zero attached hydrogens (tertiary/aromatic N) is 2. The molecule has 1 aromatic heterocycles. The molecule has 0 saturated carbocycles. The Kier molecular flexibility index (Phi) is 3.92. The molecule has 0 radical (unpaired) electrons. The summed E-state index contributed by atoms with van der Waals surface area (Å²) in [6.07, 6.45) is -0.692. The molecule has 1 unspecified atom stereocenters. The normalized spacial score (nSPS) is 16.2. The van der Waals surface area contributed by atoms with Gasteiger partial charge in [0.05, 0.1) is 15.6 Å². The molecule has 2 heterocycles. The Labute approximate surface area is 126 Å². The van der Waals surface area contributed by atoms with E-state index in [-0.39, 0.29) is 0 Å². The van der Waals surface area contributed by atoms with Crippen LogP contribution < -0.4 is 0 Å². The van der Waals surface area contributed by atoms with Crippen molar-refractivity contribution in [3.63, 3.8) is 0 Å². The molecule has 104 valence electrons. The predicted octanol–water partition coefficient (Wildman–Crippen LogP) is 3.61. The Morgan fingerprint density at radius 3 is 2.85 bits per heavy atom. The van der Waals surface area contributed by atoms with Gasteiger partial charge in [-0.3, -0.25) is 4.99 Å². The maximum absolute atomic E-state index is 10.5. The van der Waals surface area contributed by atoms with E-state index in [1.807, 2.05) is 13.0 Å². The molecule has 0 saturated heterocycles. The van der Waals surface area contributed by atoms with Crippen molar-refractivity contribution in [1.82, 2.24) is 4.98 Å². The van der Waals surface area contributed by atoms with Gasteiger partial charge in [0.2, 0.25) is 0 Å². The number of aliphatic hydroxyl groups is 1. The van der Waals surface area contributed by atoms with Gasteiger partial charge in [-0.05, 0) is 19.4 Å². The smallest absolute Gasteiger partial charge is 0.145 e. The zero-order chi connectivity index (χ0) is 14.1. The average Bonchev–Trinajstić information content (AvgIpc) is 3.07. The Morgan fingerprint density at radius 2 is 2.15 bits per heavy atom. The minimum absolute atomic E-state index is 0.692. The molecule has 0 amide bonds. The number of benzene rings is 1. The van der Waals surface area contributed by atoms with Crippen LogP contribution in [-0.2, 0) is 0 Å². The van der Waals surface area contributed by atoms with Crippen LogP contribution in [-0.4, -0.2) is 27.4 Å². The molecule has 0 bridgehead atoms. The molecule has 0 fully saturated rings. The van der Waals surface area contributed by atoms with E-state index in [4.69, 9.17) is 0 Å². The Balaban J connectivity index is 2.04. The maximum atomic E-state index is 10.5. The fourth-order valence-electron chi connectivity index (χ4n) is 2.26. The highest BCUT2D eigenvalue weighted by molar-refractivity contribution is 8.14. The molecule has 1 atom stereocenters. The molecule has 3 rings (SSSR count). The Bertz CT molecular complexity index is 664. The third kappa shape index (κ3) is 2.66. The van der Waals surface area contributed by atoms with Crippen molar-refractivity contribution in [3.8, 4) is 10.4 Å². The molecule has 20 heavy (non-hydrogen) atoms. The maximum Gasteiger partial charge on any atom is 0.145 e. The van der Waals surface area contributed by atoms with E-state index >= 15 is 0 Å². The monoisotopic (exact) mass is 304 g/mol. The summed E-state index contributed by atoms with van der Waals surface area (Å²) in [4.78, 5) is 9.95. The third-order valence-electron chi connectivity index (χ3n) is 3.14. The van der Waals surface area contributed by atoms with Gasteiger partial charge in [-0.1, -0.05) is 29.8 Å². The van der Waals surface area contributed by atoms with Gasteiger partial charge in [-0.2, -0.15) is 0 Å². The quantitative estimate of drug-likeness (QED) is 0.942. The second-order valence-corrected chi connectivity index (χ2v) is 7.11. The van der Waals surface area contributed by atoms with Crippen LogP contribution in [0, 0.1) is 13.8 Å². The number of thioether (sulfide) groups is 1. The zero-order valence-corrected chi connectivity index (χ0v) is 13.1. The first kappa shape index (κ1) is 13.8. The summed E-state index contributed by atoms with van der Waals surface area (Å²) in [6.45, 7) is 4.84. The highest BCUT2D eigenvalue weighted by Gasteiger charge is 2.25. The van der Waals surface area contributed by atoms with E-state index in [0.717, 1.165) is 38.5 Å². The lowest BCUT2D eigenvalue weighted by atomic mass is 10.1. The topological polar surface area (TPSA) is 45.5 Å². The lowest BCUT2D eigenvalue weighted by Gasteiger charge is -2.10. The van der Waals surface area contributed by atoms with Gasteiger partial charge in [0.15, 0.2) is 0 Å². The first-order valence-electron chi connectivity index (χ1n) is 6.55. The van der Waals surface area contributed by atoms with Crippen molar-refractivity contribution < 1.29 is 5.11 Å². The van der Waals surface area contributed by atoms with Crippen LogP contribution in [0.5, 0.6) is 0 Å². The predicted molar refractivity (Wildman–Crippen MR) is 86.7 cm³/mol. The van der Waals surface area contributed by atoms with Crippen molar-refractivity contribution in [2.24, 2.45) is 4.99 Å². The number of hydrogen-bond donors (Lipinski definition) is 1. The van der Waals surface area contributed by atoms with Crippen LogP contribution in [0.1, 0.15) is 22.4 Å². The highest BCUT2D eigenvalue weighted by Crippen LogP contribution is 2.36. The molecule has 1 N–H and O–H groups in total. The molecular weight excluding hydrogens is 288 g/mol. The number of aliphatic imine (C=N–C) groups is 1. The van der Waals surface area contributed by atoms with Crippen LogP contribution in [0.2, 0.25) is 0 Å². The van der Waals surface area contributed by atoms with Crippen molar-refractivity contribution in [3.05, 3.63) is 40.5 Å². The first-order valence-corrected chi connectivity index (χ1v) is 8.35. The van der Waals surface area contributed by atoms with E-state index in [1.54, 1.807) is 23.1 Å². The van der Waals surface area contributed by atoms with Crippen molar-refractivity contribution >= 4 is 28.1 Å². The van der Waals surface area contributed by atoms with E-state index in [1.165, 1.54) is 5.56 Å². The molecular formula is C15H16N2OS2. The average molecular weight is 304 g/mol. The van der Waals surface area contributed by atoms with Gasteiger partial charge in [-0.25, -0.2) is 4.98 Å². The molecule has 1 aliphatic heterocycles. The summed E-state index contributed by atoms with van der Waals surface area (Å²) in [5, 5.41) is 12.3. The van der Waals surface area contributed by atoms with E-state index in [9.17, 15) is 5.11 Å². The SMILES string of the molecule is Cc1cccc(-c2sc(C)nc2C(O)C2=NCCS2)c1. The number of hydrogen-bond acceptors (Lipinski definition) is 5. The minimum atomic E-state index is -0.692.